The Labute approximate surface area is 126 Å². The van der Waals surface area contributed by atoms with E-state index in [2.05, 4.69) is 6.92 Å². The van der Waals surface area contributed by atoms with Crippen molar-refractivity contribution in [3.05, 3.63) is 44.0 Å². The monoisotopic (exact) mass is 311 g/mol. The summed E-state index contributed by atoms with van der Waals surface area (Å²) >= 11 is 0. The van der Waals surface area contributed by atoms with Crippen molar-refractivity contribution in [3.63, 3.8) is 0 Å². The molecule has 1 aromatic carbocycles. The van der Waals surface area contributed by atoms with E-state index in [1.807, 2.05) is 0 Å². The quantitative estimate of drug-likeness (QED) is 0.642. The number of nitrogens with zero attached hydrogens (tertiary/aromatic N) is 2. The van der Waals surface area contributed by atoms with Gasteiger partial charge in [-0.25, -0.2) is 4.79 Å². The van der Waals surface area contributed by atoms with Crippen LogP contribution in [0.25, 0.3) is 0 Å². The van der Waals surface area contributed by atoms with Gasteiger partial charge < -0.3 is 10.8 Å². The molecule has 1 aliphatic carbocycles. The van der Waals surface area contributed by atoms with Crippen LogP contribution in [0.2, 0.25) is 0 Å². The summed E-state index contributed by atoms with van der Waals surface area (Å²) in [4.78, 5) is 29.4. The molecule has 0 heterocycles. The molecule has 0 bridgehead atoms. The van der Waals surface area contributed by atoms with Crippen LogP contribution in [0.4, 0.5) is 11.4 Å². The lowest BCUT2D eigenvalue weighted by Gasteiger charge is -1.97. The highest BCUT2D eigenvalue weighted by molar-refractivity contribution is 5.89. The molecule has 0 aromatic heterocycles. The number of aromatic carboxylic acids is 1. The molecular formula is C13H17N3O6. The summed E-state index contributed by atoms with van der Waals surface area (Å²) in [6, 6.07) is 2.74. The lowest BCUT2D eigenvalue weighted by molar-refractivity contribution is -0.394. The predicted molar refractivity (Wildman–Crippen MR) is 77.7 cm³/mol. The zero-order valence-corrected chi connectivity index (χ0v) is 12.0. The van der Waals surface area contributed by atoms with Crippen molar-refractivity contribution in [1.82, 2.24) is 0 Å². The Kier molecular flexibility index (Phi) is 5.93. The molecule has 0 aliphatic heterocycles. The number of hydrogen-bond donors (Lipinski definition) is 2. The first-order valence-corrected chi connectivity index (χ1v) is 6.63. The molecule has 0 spiro atoms. The van der Waals surface area contributed by atoms with Crippen LogP contribution in [0.3, 0.4) is 0 Å². The number of carbonyl (C=O) groups is 1. The number of rotatable bonds is 3. The summed E-state index contributed by atoms with van der Waals surface area (Å²) in [5.41, 5.74) is 3.89. The molecule has 1 fully saturated rings. The van der Waals surface area contributed by atoms with E-state index in [1.54, 1.807) is 0 Å². The lowest BCUT2D eigenvalue weighted by Crippen LogP contribution is -2.14. The zero-order valence-electron chi connectivity index (χ0n) is 12.0. The fraction of sp³-hybridized carbons (Fsp3) is 0.462. The predicted octanol–water partition coefficient (Wildman–Crippen LogP) is 2.33. The number of benzene rings is 1. The van der Waals surface area contributed by atoms with Gasteiger partial charge in [0.2, 0.25) is 0 Å². The highest BCUT2D eigenvalue weighted by atomic mass is 16.6. The minimum absolute atomic E-state index is 0.490. The fourth-order valence-corrected chi connectivity index (χ4v) is 2.18. The summed E-state index contributed by atoms with van der Waals surface area (Å²) in [5, 5.41) is 29.2. The van der Waals surface area contributed by atoms with E-state index in [-0.39, 0.29) is 0 Å². The number of nitro benzene ring substituents is 2. The standard InChI is InChI=1S/C7H4N2O6.C6H13N/c10-7(11)4-1-5(8(12)13)3-6(2-4)9(14)15;1-5-2-3-6(7)4-5/h1-3H,(H,10,11);5-6H,2-4,7H2,1H3/t;5-,6+/m.1/s1. The van der Waals surface area contributed by atoms with E-state index in [1.165, 1.54) is 19.3 Å². The Hall–Kier alpha value is -2.55. The Morgan fingerprint density at radius 1 is 1.18 bits per heavy atom. The number of nitrogens with two attached hydrogens (primary N) is 1. The Morgan fingerprint density at radius 3 is 1.91 bits per heavy atom. The molecule has 0 saturated heterocycles. The number of carboxylic acid groups (broad SMARTS) is 1. The van der Waals surface area contributed by atoms with Crippen LogP contribution >= 0.6 is 0 Å². The van der Waals surface area contributed by atoms with Crippen molar-refractivity contribution in [1.29, 1.82) is 0 Å². The van der Waals surface area contributed by atoms with Gasteiger partial charge in [-0.2, -0.15) is 0 Å². The topological polar surface area (TPSA) is 150 Å². The van der Waals surface area contributed by atoms with Gasteiger partial charge in [-0.1, -0.05) is 6.92 Å². The molecular weight excluding hydrogens is 294 g/mol. The number of non-ortho nitro benzene ring substituents is 2. The SMILES string of the molecule is C[C@@H]1CC[C@H](N)C1.O=C(O)c1cc([N+](=O)[O-])cc([N+](=O)[O-])c1. The molecule has 3 N–H and O–H groups in total. The highest BCUT2D eigenvalue weighted by Crippen LogP contribution is 2.23. The smallest absolute Gasteiger partial charge is 0.336 e. The molecule has 0 amide bonds. The molecule has 2 rings (SSSR count). The van der Waals surface area contributed by atoms with Crippen molar-refractivity contribution < 1.29 is 19.7 Å². The van der Waals surface area contributed by atoms with Crippen molar-refractivity contribution in [2.24, 2.45) is 11.7 Å². The van der Waals surface area contributed by atoms with Crippen molar-refractivity contribution in [2.75, 3.05) is 0 Å². The van der Waals surface area contributed by atoms with E-state index >= 15 is 0 Å². The van der Waals surface area contributed by atoms with Crippen LogP contribution in [0.1, 0.15) is 36.5 Å². The minimum Gasteiger partial charge on any atom is -0.478 e. The summed E-state index contributed by atoms with van der Waals surface area (Å²) in [6.45, 7) is 2.27. The van der Waals surface area contributed by atoms with Crippen molar-refractivity contribution in [2.45, 2.75) is 32.2 Å². The third-order valence-electron chi connectivity index (χ3n) is 3.31. The van der Waals surface area contributed by atoms with Gasteiger partial charge >= 0.3 is 5.97 Å². The van der Waals surface area contributed by atoms with E-state index in [4.69, 9.17) is 10.8 Å². The number of nitro groups is 2. The Bertz CT molecular complexity index is 502. The third kappa shape index (κ3) is 5.09. The molecule has 9 heteroatoms. The van der Waals surface area contributed by atoms with Crippen LogP contribution in [-0.4, -0.2) is 27.0 Å². The van der Waals surface area contributed by atoms with E-state index in [0.717, 1.165) is 18.1 Å². The summed E-state index contributed by atoms with van der Waals surface area (Å²) in [5.74, 6) is -0.559. The van der Waals surface area contributed by atoms with Gasteiger partial charge in [-0.3, -0.25) is 20.2 Å². The summed E-state index contributed by atoms with van der Waals surface area (Å²) in [7, 11) is 0. The average molecular weight is 311 g/mol. The first-order chi connectivity index (χ1) is 10.2. The highest BCUT2D eigenvalue weighted by Gasteiger charge is 2.19. The average Bonchev–Trinajstić information content (AvgIpc) is 2.82. The van der Waals surface area contributed by atoms with E-state index in [9.17, 15) is 25.0 Å². The lowest BCUT2D eigenvalue weighted by atomic mass is 10.1. The second-order valence-corrected chi connectivity index (χ2v) is 5.24. The van der Waals surface area contributed by atoms with Crippen LogP contribution in [0.15, 0.2) is 18.2 Å². The first-order valence-electron chi connectivity index (χ1n) is 6.63. The van der Waals surface area contributed by atoms with Crippen LogP contribution in [0, 0.1) is 26.1 Å². The van der Waals surface area contributed by atoms with E-state index in [0.29, 0.717) is 12.1 Å². The minimum atomic E-state index is -1.46. The molecule has 1 aliphatic rings. The maximum atomic E-state index is 10.5. The van der Waals surface area contributed by atoms with Crippen LogP contribution in [-0.2, 0) is 0 Å². The Morgan fingerprint density at radius 2 is 1.68 bits per heavy atom. The molecule has 1 aromatic rings. The molecule has 1 saturated carbocycles. The number of hydrogen-bond acceptors (Lipinski definition) is 6. The molecule has 9 nitrogen and oxygen atoms in total. The van der Waals surface area contributed by atoms with Gasteiger partial charge in [0.05, 0.1) is 21.5 Å². The fourth-order valence-electron chi connectivity index (χ4n) is 2.18. The molecule has 0 unspecified atom stereocenters. The van der Waals surface area contributed by atoms with Gasteiger partial charge in [0.25, 0.3) is 11.4 Å². The van der Waals surface area contributed by atoms with Crippen LogP contribution in [0.5, 0.6) is 0 Å². The zero-order chi connectivity index (χ0) is 16.9. The summed E-state index contributed by atoms with van der Waals surface area (Å²) < 4.78 is 0. The number of carboxylic acids is 1. The van der Waals surface area contributed by atoms with Gasteiger partial charge in [0, 0.05) is 18.2 Å². The van der Waals surface area contributed by atoms with Crippen molar-refractivity contribution in [3.8, 4) is 0 Å². The van der Waals surface area contributed by atoms with Crippen molar-refractivity contribution >= 4 is 17.3 Å². The van der Waals surface area contributed by atoms with Gasteiger partial charge in [0.15, 0.2) is 0 Å². The first kappa shape index (κ1) is 17.5. The second-order valence-electron chi connectivity index (χ2n) is 5.24. The van der Waals surface area contributed by atoms with Gasteiger partial charge in [0.1, 0.15) is 0 Å². The second kappa shape index (κ2) is 7.46. The van der Waals surface area contributed by atoms with Gasteiger partial charge in [-0.05, 0) is 25.2 Å². The molecule has 0 radical (unpaired) electrons. The largest absolute Gasteiger partial charge is 0.478 e. The third-order valence-corrected chi connectivity index (χ3v) is 3.31. The maximum Gasteiger partial charge on any atom is 0.336 e. The summed E-state index contributed by atoms with van der Waals surface area (Å²) in [6.07, 6.45) is 3.85. The Balaban J connectivity index is 0.000000287. The molecule has 2 atom stereocenters. The van der Waals surface area contributed by atoms with Gasteiger partial charge in [-0.15, -0.1) is 0 Å². The molecule has 22 heavy (non-hydrogen) atoms. The van der Waals surface area contributed by atoms with E-state index < -0.39 is 32.8 Å². The normalized spacial score (nSPS) is 19.9. The molecule has 120 valence electrons. The van der Waals surface area contributed by atoms with Crippen LogP contribution < -0.4 is 5.73 Å². The maximum absolute atomic E-state index is 10.5.